The average molecular weight is 288 g/mol. The molecule has 1 aromatic rings. The van der Waals surface area contributed by atoms with E-state index in [1.807, 2.05) is 11.8 Å². The summed E-state index contributed by atoms with van der Waals surface area (Å²) in [5.41, 5.74) is 1.40. The van der Waals surface area contributed by atoms with Crippen molar-refractivity contribution in [3.63, 3.8) is 0 Å². The van der Waals surface area contributed by atoms with Crippen molar-refractivity contribution in [2.75, 3.05) is 5.75 Å². The van der Waals surface area contributed by atoms with Crippen molar-refractivity contribution in [2.45, 2.75) is 51.1 Å². The molecule has 0 bridgehead atoms. The van der Waals surface area contributed by atoms with E-state index in [0.29, 0.717) is 12.1 Å². The fraction of sp³-hybridized carbons (Fsp3) is 0.588. The number of benzene rings is 1. The van der Waals surface area contributed by atoms with E-state index in [2.05, 4.69) is 42.6 Å². The highest BCUT2D eigenvalue weighted by molar-refractivity contribution is 8.14. The Bertz CT molecular complexity index is 451. The molecule has 1 heterocycles. The molecule has 3 rings (SSSR count). The molecule has 0 radical (unpaired) electrons. The lowest BCUT2D eigenvalue weighted by Crippen LogP contribution is -2.35. The maximum atomic E-state index is 4.86. The molecule has 1 aromatic carbocycles. The minimum atomic E-state index is 0.445. The number of rotatable bonds is 4. The molecule has 1 N–H and O–H groups in total. The minimum absolute atomic E-state index is 0.445. The largest absolute Gasteiger partial charge is 0.362 e. The Morgan fingerprint density at radius 2 is 2.00 bits per heavy atom. The predicted molar refractivity (Wildman–Crippen MR) is 88.4 cm³/mol. The van der Waals surface area contributed by atoms with Crippen LogP contribution in [0.15, 0.2) is 35.3 Å². The Balaban J connectivity index is 1.52. The van der Waals surface area contributed by atoms with E-state index < -0.39 is 0 Å². The highest BCUT2D eigenvalue weighted by atomic mass is 32.2. The molecule has 2 nitrogen and oxygen atoms in total. The molecule has 2 aliphatic rings. The summed E-state index contributed by atoms with van der Waals surface area (Å²) in [6.45, 7) is 2.32. The van der Waals surface area contributed by atoms with Gasteiger partial charge in [0.2, 0.25) is 0 Å². The van der Waals surface area contributed by atoms with Crippen molar-refractivity contribution in [3.05, 3.63) is 35.9 Å². The molecule has 1 saturated carbocycles. The molecular weight excluding hydrogens is 264 g/mol. The van der Waals surface area contributed by atoms with Gasteiger partial charge in [0, 0.05) is 11.8 Å². The molecule has 0 amide bonds. The third-order valence-corrected chi connectivity index (χ3v) is 5.53. The number of thioether (sulfide) groups is 1. The second-order valence-corrected chi connectivity index (χ2v) is 7.08. The third kappa shape index (κ3) is 3.57. The summed E-state index contributed by atoms with van der Waals surface area (Å²) >= 11 is 1.90. The number of nitrogens with zero attached hydrogens (tertiary/aromatic N) is 1. The van der Waals surface area contributed by atoms with Crippen molar-refractivity contribution in [1.29, 1.82) is 0 Å². The minimum Gasteiger partial charge on any atom is -0.362 e. The van der Waals surface area contributed by atoms with E-state index in [0.717, 1.165) is 18.1 Å². The summed E-state index contributed by atoms with van der Waals surface area (Å²) in [6, 6.07) is 11.7. The molecule has 0 aromatic heterocycles. The van der Waals surface area contributed by atoms with Crippen molar-refractivity contribution < 1.29 is 0 Å². The number of hydrogen-bond donors (Lipinski definition) is 1. The highest BCUT2D eigenvalue weighted by Gasteiger charge is 2.25. The Morgan fingerprint density at radius 1 is 1.25 bits per heavy atom. The zero-order valence-corrected chi connectivity index (χ0v) is 13.0. The zero-order chi connectivity index (χ0) is 13.8. The van der Waals surface area contributed by atoms with Crippen LogP contribution in [0.3, 0.4) is 0 Å². The Labute approximate surface area is 126 Å². The molecule has 0 spiro atoms. The summed E-state index contributed by atoms with van der Waals surface area (Å²) in [6.07, 6.45) is 6.66. The van der Waals surface area contributed by atoms with Gasteiger partial charge in [-0.15, -0.1) is 0 Å². The van der Waals surface area contributed by atoms with Gasteiger partial charge in [-0.25, -0.2) is 0 Å². The predicted octanol–water partition coefficient (Wildman–Crippen LogP) is 3.87. The summed E-state index contributed by atoms with van der Waals surface area (Å²) < 4.78 is 0. The van der Waals surface area contributed by atoms with Crippen LogP contribution in [-0.2, 0) is 6.42 Å². The lowest BCUT2D eigenvalue weighted by atomic mass is 10.0. The van der Waals surface area contributed by atoms with Crippen molar-refractivity contribution in [1.82, 2.24) is 5.32 Å². The molecule has 0 saturated heterocycles. The zero-order valence-electron chi connectivity index (χ0n) is 12.2. The fourth-order valence-electron chi connectivity index (χ4n) is 3.26. The number of hydrogen-bond acceptors (Lipinski definition) is 3. The van der Waals surface area contributed by atoms with E-state index in [4.69, 9.17) is 4.99 Å². The number of amidine groups is 1. The third-order valence-electron chi connectivity index (χ3n) is 4.48. The van der Waals surface area contributed by atoms with E-state index in [-0.39, 0.29) is 0 Å². The molecule has 108 valence electrons. The van der Waals surface area contributed by atoms with Gasteiger partial charge in [-0.05, 0) is 37.7 Å². The first kappa shape index (κ1) is 14.0. The first-order valence-corrected chi connectivity index (χ1v) is 8.81. The van der Waals surface area contributed by atoms with Gasteiger partial charge >= 0.3 is 0 Å². The summed E-state index contributed by atoms with van der Waals surface area (Å²) in [7, 11) is 0. The molecule has 1 fully saturated rings. The van der Waals surface area contributed by atoms with Gasteiger partial charge in [0.15, 0.2) is 5.17 Å². The summed E-state index contributed by atoms with van der Waals surface area (Å²) in [4.78, 5) is 4.86. The van der Waals surface area contributed by atoms with Gasteiger partial charge in [0.1, 0.15) is 0 Å². The first-order chi connectivity index (χ1) is 9.81. The maximum Gasteiger partial charge on any atom is 0.157 e. The monoisotopic (exact) mass is 288 g/mol. The van der Waals surface area contributed by atoms with E-state index >= 15 is 0 Å². The highest BCUT2D eigenvalue weighted by Crippen LogP contribution is 2.28. The molecular formula is C17H24N2S. The molecule has 2 atom stereocenters. The van der Waals surface area contributed by atoms with Crippen LogP contribution in [0.2, 0.25) is 0 Å². The Kier molecular flexibility index (Phi) is 4.66. The number of nitrogens with one attached hydrogen (secondary N) is 1. The summed E-state index contributed by atoms with van der Waals surface area (Å²) in [5.74, 6) is 1.97. The van der Waals surface area contributed by atoms with Gasteiger partial charge in [-0.3, -0.25) is 4.99 Å². The lowest BCUT2D eigenvalue weighted by Gasteiger charge is -2.20. The van der Waals surface area contributed by atoms with Crippen LogP contribution in [0.25, 0.3) is 0 Å². The van der Waals surface area contributed by atoms with Crippen LogP contribution in [-0.4, -0.2) is 23.0 Å². The van der Waals surface area contributed by atoms with Gasteiger partial charge in [0.05, 0.1) is 6.04 Å². The van der Waals surface area contributed by atoms with Crippen molar-refractivity contribution in [2.24, 2.45) is 10.9 Å². The van der Waals surface area contributed by atoms with Gasteiger partial charge < -0.3 is 5.32 Å². The average Bonchev–Trinajstić information content (AvgIpc) is 3.11. The van der Waals surface area contributed by atoms with Crippen LogP contribution >= 0.6 is 11.8 Å². The van der Waals surface area contributed by atoms with Gasteiger partial charge in [0.25, 0.3) is 0 Å². The van der Waals surface area contributed by atoms with Gasteiger partial charge in [-0.2, -0.15) is 0 Å². The molecule has 1 aliphatic heterocycles. The molecule has 3 heteroatoms. The van der Waals surface area contributed by atoms with Crippen LogP contribution in [0.5, 0.6) is 0 Å². The first-order valence-electron chi connectivity index (χ1n) is 7.82. The topological polar surface area (TPSA) is 24.4 Å². The van der Waals surface area contributed by atoms with Crippen molar-refractivity contribution >= 4 is 16.9 Å². The molecule has 2 unspecified atom stereocenters. The number of aliphatic imine (C=N–C) groups is 1. The van der Waals surface area contributed by atoms with Crippen LogP contribution in [0.1, 0.15) is 38.2 Å². The smallest absolute Gasteiger partial charge is 0.157 e. The lowest BCUT2D eigenvalue weighted by molar-refractivity contribution is 0.428. The summed E-state index contributed by atoms with van der Waals surface area (Å²) in [5, 5.41) is 4.82. The van der Waals surface area contributed by atoms with Gasteiger partial charge in [-0.1, -0.05) is 54.9 Å². The molecule has 1 aliphatic carbocycles. The SMILES string of the molecule is CC(NC1=NC(Cc2ccccc2)CS1)C1CCCC1. The van der Waals surface area contributed by atoms with E-state index in [9.17, 15) is 0 Å². The van der Waals surface area contributed by atoms with Crippen LogP contribution < -0.4 is 5.32 Å². The maximum absolute atomic E-state index is 4.86. The standard InChI is InChI=1S/C17H24N2S/c1-13(15-9-5-6-10-15)18-17-19-16(12-20-17)11-14-7-3-2-4-8-14/h2-4,7-8,13,15-16H,5-6,9-12H2,1H3,(H,18,19). The quantitative estimate of drug-likeness (QED) is 0.909. The van der Waals surface area contributed by atoms with Crippen molar-refractivity contribution in [3.8, 4) is 0 Å². The van der Waals surface area contributed by atoms with Crippen LogP contribution in [0.4, 0.5) is 0 Å². The van der Waals surface area contributed by atoms with E-state index in [1.54, 1.807) is 0 Å². The van der Waals surface area contributed by atoms with E-state index in [1.165, 1.54) is 36.4 Å². The second-order valence-electron chi connectivity index (χ2n) is 6.07. The second kappa shape index (κ2) is 6.66. The fourth-order valence-corrected chi connectivity index (χ4v) is 4.29. The normalized spacial score (nSPS) is 24.6. The van der Waals surface area contributed by atoms with Crippen LogP contribution in [0, 0.1) is 5.92 Å². The Hall–Kier alpha value is -0.960. The molecule has 20 heavy (non-hydrogen) atoms. The Morgan fingerprint density at radius 3 is 2.75 bits per heavy atom.